The molecule has 0 unspecified atom stereocenters. The van der Waals surface area contributed by atoms with Crippen LogP contribution in [0.15, 0.2) is 40.8 Å². The minimum absolute atomic E-state index is 0.144. The summed E-state index contributed by atoms with van der Waals surface area (Å²) in [5, 5.41) is 2.83. The van der Waals surface area contributed by atoms with Gasteiger partial charge in [-0.1, -0.05) is 13.0 Å². The van der Waals surface area contributed by atoms with Crippen molar-refractivity contribution in [2.24, 2.45) is 0 Å². The summed E-state index contributed by atoms with van der Waals surface area (Å²) in [6.07, 6.45) is 1.41. The van der Waals surface area contributed by atoms with Gasteiger partial charge in [-0.05, 0) is 42.3 Å². The first-order valence-electron chi connectivity index (χ1n) is 8.10. The lowest BCUT2D eigenvalue weighted by molar-refractivity contribution is -0.116. The normalized spacial score (nSPS) is 10.8. The molecule has 1 heterocycles. The number of halogens is 1. The van der Waals surface area contributed by atoms with Crippen LogP contribution in [0, 0.1) is 5.82 Å². The standard InChI is InChI=1S/C19H19FN2O3/c1-3-19-22-15-11-13(6-8-17(15)25-19)21-18(23)9-5-12-4-7-16(24-2)14(20)10-12/h4,6-8,10-11H,3,5,9H2,1-2H3,(H,21,23). The summed E-state index contributed by atoms with van der Waals surface area (Å²) in [5.74, 6) is 0.291. The van der Waals surface area contributed by atoms with E-state index in [4.69, 9.17) is 9.15 Å². The van der Waals surface area contributed by atoms with Crippen molar-refractivity contribution in [1.29, 1.82) is 0 Å². The van der Waals surface area contributed by atoms with Crippen LogP contribution in [-0.2, 0) is 17.6 Å². The number of fused-ring (bicyclic) bond motifs is 1. The number of anilines is 1. The molecule has 0 bridgehead atoms. The number of methoxy groups -OCH3 is 1. The van der Waals surface area contributed by atoms with E-state index in [0.29, 0.717) is 29.1 Å². The van der Waals surface area contributed by atoms with Gasteiger partial charge in [-0.3, -0.25) is 4.79 Å². The number of nitrogens with zero attached hydrogens (tertiary/aromatic N) is 1. The number of hydrogen-bond donors (Lipinski definition) is 1. The van der Waals surface area contributed by atoms with Crippen molar-refractivity contribution in [2.75, 3.05) is 12.4 Å². The van der Waals surface area contributed by atoms with Crippen LogP contribution in [0.3, 0.4) is 0 Å². The topological polar surface area (TPSA) is 64.4 Å². The number of nitrogens with one attached hydrogen (secondary N) is 1. The summed E-state index contributed by atoms with van der Waals surface area (Å²) >= 11 is 0. The molecule has 1 amide bonds. The Morgan fingerprint density at radius 1 is 1.28 bits per heavy atom. The van der Waals surface area contributed by atoms with E-state index in [9.17, 15) is 9.18 Å². The Bertz CT molecular complexity index is 905. The second-order valence-electron chi connectivity index (χ2n) is 5.66. The van der Waals surface area contributed by atoms with Crippen LogP contribution in [0.2, 0.25) is 0 Å². The van der Waals surface area contributed by atoms with Crippen molar-refractivity contribution in [1.82, 2.24) is 4.98 Å². The number of rotatable bonds is 6. The third-order valence-corrected chi connectivity index (χ3v) is 3.88. The first-order valence-corrected chi connectivity index (χ1v) is 8.10. The highest BCUT2D eigenvalue weighted by molar-refractivity contribution is 5.92. The molecule has 3 aromatic rings. The van der Waals surface area contributed by atoms with E-state index in [-0.39, 0.29) is 18.1 Å². The molecule has 130 valence electrons. The van der Waals surface area contributed by atoms with Gasteiger partial charge in [0.15, 0.2) is 23.0 Å². The zero-order valence-electron chi connectivity index (χ0n) is 14.1. The molecule has 5 nitrogen and oxygen atoms in total. The predicted octanol–water partition coefficient (Wildman–Crippen LogP) is 4.11. The van der Waals surface area contributed by atoms with Crippen LogP contribution >= 0.6 is 0 Å². The first kappa shape index (κ1) is 17.0. The Morgan fingerprint density at radius 3 is 2.84 bits per heavy atom. The van der Waals surface area contributed by atoms with Crippen molar-refractivity contribution >= 4 is 22.7 Å². The maximum absolute atomic E-state index is 13.7. The van der Waals surface area contributed by atoms with Gasteiger partial charge in [-0.2, -0.15) is 0 Å². The summed E-state index contributed by atoms with van der Waals surface area (Å²) in [4.78, 5) is 16.5. The van der Waals surface area contributed by atoms with Gasteiger partial charge in [0.2, 0.25) is 5.91 Å². The Balaban J connectivity index is 1.61. The molecule has 2 aromatic carbocycles. The molecule has 1 N–H and O–H groups in total. The number of carbonyl (C=O) groups is 1. The summed E-state index contributed by atoms with van der Waals surface area (Å²) in [6, 6.07) is 10.0. The fourth-order valence-electron chi connectivity index (χ4n) is 2.55. The first-order chi connectivity index (χ1) is 12.1. The predicted molar refractivity (Wildman–Crippen MR) is 93.3 cm³/mol. The lowest BCUT2D eigenvalue weighted by Crippen LogP contribution is -2.12. The minimum Gasteiger partial charge on any atom is -0.494 e. The van der Waals surface area contributed by atoms with E-state index in [1.807, 2.05) is 6.92 Å². The fraction of sp³-hybridized carbons (Fsp3) is 0.263. The van der Waals surface area contributed by atoms with Gasteiger partial charge >= 0.3 is 0 Å². The second kappa shape index (κ2) is 7.34. The maximum atomic E-state index is 13.7. The van der Waals surface area contributed by atoms with Crippen molar-refractivity contribution in [3.05, 3.63) is 53.7 Å². The maximum Gasteiger partial charge on any atom is 0.224 e. The Labute approximate surface area is 144 Å². The van der Waals surface area contributed by atoms with Gasteiger partial charge < -0.3 is 14.5 Å². The quantitative estimate of drug-likeness (QED) is 0.732. The number of aryl methyl sites for hydroxylation is 2. The molecule has 0 spiro atoms. The largest absolute Gasteiger partial charge is 0.494 e. The fourth-order valence-corrected chi connectivity index (χ4v) is 2.55. The third kappa shape index (κ3) is 3.96. The molecule has 0 radical (unpaired) electrons. The van der Waals surface area contributed by atoms with E-state index in [1.54, 1.807) is 30.3 Å². The van der Waals surface area contributed by atoms with Crippen LogP contribution in [-0.4, -0.2) is 18.0 Å². The highest BCUT2D eigenvalue weighted by Crippen LogP contribution is 2.21. The summed E-state index contributed by atoms with van der Waals surface area (Å²) in [7, 11) is 1.42. The average molecular weight is 342 g/mol. The second-order valence-corrected chi connectivity index (χ2v) is 5.66. The molecule has 0 fully saturated rings. The smallest absolute Gasteiger partial charge is 0.224 e. The van der Waals surface area contributed by atoms with Crippen LogP contribution in [0.5, 0.6) is 5.75 Å². The molecule has 0 aliphatic rings. The summed E-state index contributed by atoms with van der Waals surface area (Å²) < 4.78 is 24.1. The van der Waals surface area contributed by atoms with Gasteiger partial charge in [0.05, 0.1) is 7.11 Å². The Kier molecular flexibility index (Phi) is 4.97. The zero-order chi connectivity index (χ0) is 17.8. The third-order valence-electron chi connectivity index (χ3n) is 3.88. The molecule has 0 saturated heterocycles. The van der Waals surface area contributed by atoms with Crippen molar-refractivity contribution < 1.29 is 18.3 Å². The van der Waals surface area contributed by atoms with Gasteiger partial charge in [0, 0.05) is 18.5 Å². The molecule has 0 atom stereocenters. The summed E-state index contributed by atoms with van der Waals surface area (Å²) in [6.45, 7) is 1.97. The summed E-state index contributed by atoms with van der Waals surface area (Å²) in [5.41, 5.74) is 2.82. The molecular weight excluding hydrogens is 323 g/mol. The van der Waals surface area contributed by atoms with Crippen molar-refractivity contribution in [3.8, 4) is 5.75 Å². The highest BCUT2D eigenvalue weighted by atomic mass is 19.1. The number of aromatic nitrogens is 1. The molecule has 25 heavy (non-hydrogen) atoms. The van der Waals surface area contributed by atoms with E-state index in [1.165, 1.54) is 13.2 Å². The molecule has 6 heteroatoms. The lowest BCUT2D eigenvalue weighted by atomic mass is 10.1. The molecule has 0 aliphatic heterocycles. The van der Waals surface area contributed by atoms with E-state index >= 15 is 0 Å². The Morgan fingerprint density at radius 2 is 2.12 bits per heavy atom. The van der Waals surface area contributed by atoms with Crippen LogP contribution in [0.1, 0.15) is 24.8 Å². The van der Waals surface area contributed by atoms with E-state index in [0.717, 1.165) is 12.0 Å². The zero-order valence-corrected chi connectivity index (χ0v) is 14.1. The van der Waals surface area contributed by atoms with E-state index in [2.05, 4.69) is 10.3 Å². The SMILES string of the molecule is CCc1nc2cc(NC(=O)CCc3ccc(OC)c(F)c3)ccc2o1. The number of hydrogen-bond acceptors (Lipinski definition) is 4. The molecule has 3 rings (SSSR count). The number of benzene rings is 2. The number of carbonyl (C=O) groups excluding carboxylic acids is 1. The van der Waals surface area contributed by atoms with Crippen molar-refractivity contribution in [2.45, 2.75) is 26.2 Å². The molecular formula is C19H19FN2O3. The Hall–Kier alpha value is -2.89. The van der Waals surface area contributed by atoms with Gasteiger partial charge in [-0.15, -0.1) is 0 Å². The molecule has 1 aromatic heterocycles. The van der Waals surface area contributed by atoms with Crippen LogP contribution < -0.4 is 10.1 Å². The van der Waals surface area contributed by atoms with Crippen molar-refractivity contribution in [3.63, 3.8) is 0 Å². The van der Waals surface area contributed by atoms with Crippen LogP contribution in [0.4, 0.5) is 10.1 Å². The number of oxazole rings is 1. The number of amides is 1. The van der Waals surface area contributed by atoms with Gasteiger partial charge in [0.25, 0.3) is 0 Å². The van der Waals surface area contributed by atoms with E-state index < -0.39 is 5.82 Å². The lowest BCUT2D eigenvalue weighted by Gasteiger charge is -2.07. The average Bonchev–Trinajstić information content (AvgIpc) is 3.02. The molecule has 0 aliphatic carbocycles. The van der Waals surface area contributed by atoms with Gasteiger partial charge in [-0.25, -0.2) is 9.37 Å². The molecule has 0 saturated carbocycles. The van der Waals surface area contributed by atoms with Gasteiger partial charge in [0.1, 0.15) is 5.52 Å². The van der Waals surface area contributed by atoms with Crippen LogP contribution in [0.25, 0.3) is 11.1 Å². The minimum atomic E-state index is -0.427. The number of ether oxygens (including phenoxy) is 1. The highest BCUT2D eigenvalue weighted by Gasteiger charge is 2.09. The monoisotopic (exact) mass is 342 g/mol.